The van der Waals surface area contributed by atoms with Gasteiger partial charge in [0.2, 0.25) is 5.91 Å². The lowest BCUT2D eigenvalue weighted by Gasteiger charge is -2.06. The molecular weight excluding hydrogens is 337 g/mol. The molecule has 0 fully saturated rings. The maximum Gasteiger partial charge on any atom is 0.228 e. The van der Waals surface area contributed by atoms with E-state index in [1.165, 1.54) is 5.56 Å². The first-order valence-corrected chi connectivity index (χ1v) is 6.82. The van der Waals surface area contributed by atoms with Crippen LogP contribution in [0.2, 0.25) is 0 Å². The van der Waals surface area contributed by atoms with Crippen molar-refractivity contribution in [3.05, 3.63) is 63.2 Å². The summed E-state index contributed by atoms with van der Waals surface area (Å²) in [5.74, 6) is 0.0163. The molecule has 0 aliphatic heterocycles. The van der Waals surface area contributed by atoms with Gasteiger partial charge in [0, 0.05) is 9.26 Å². The van der Waals surface area contributed by atoms with E-state index in [2.05, 4.69) is 27.9 Å². The van der Waals surface area contributed by atoms with Gasteiger partial charge in [0.05, 0.1) is 6.42 Å². The topological polar surface area (TPSA) is 29.1 Å². The maximum atomic E-state index is 11.9. The summed E-state index contributed by atoms with van der Waals surface area (Å²) in [7, 11) is 0. The molecule has 0 bridgehead atoms. The highest BCUT2D eigenvalue weighted by atomic mass is 127. The Hall–Kier alpha value is -1.36. The number of nitrogens with one attached hydrogen (secondary N) is 1. The minimum Gasteiger partial charge on any atom is -0.326 e. The average molecular weight is 351 g/mol. The van der Waals surface area contributed by atoms with Gasteiger partial charge >= 0.3 is 0 Å². The lowest BCUT2D eigenvalue weighted by Crippen LogP contribution is -2.14. The minimum absolute atomic E-state index is 0.0163. The first-order chi connectivity index (χ1) is 8.63. The van der Waals surface area contributed by atoms with Gasteiger partial charge in [-0.05, 0) is 53.3 Å². The lowest BCUT2D eigenvalue weighted by atomic mass is 10.1. The number of carbonyl (C=O) groups is 1. The van der Waals surface area contributed by atoms with Crippen molar-refractivity contribution in [3.63, 3.8) is 0 Å². The van der Waals surface area contributed by atoms with Crippen LogP contribution in [0.15, 0.2) is 48.5 Å². The summed E-state index contributed by atoms with van der Waals surface area (Å²) in [4.78, 5) is 11.9. The normalized spacial score (nSPS) is 10.1. The summed E-state index contributed by atoms with van der Waals surface area (Å²) in [6.45, 7) is 2.03. The predicted molar refractivity (Wildman–Crippen MR) is 82.7 cm³/mol. The zero-order valence-electron chi connectivity index (χ0n) is 10.1. The predicted octanol–water partition coefficient (Wildman–Crippen LogP) is 3.78. The first-order valence-electron chi connectivity index (χ1n) is 5.74. The second kappa shape index (κ2) is 6.00. The molecule has 0 saturated heterocycles. The van der Waals surface area contributed by atoms with E-state index in [0.717, 1.165) is 14.8 Å². The van der Waals surface area contributed by atoms with Crippen molar-refractivity contribution in [1.29, 1.82) is 0 Å². The molecule has 0 radical (unpaired) electrons. The van der Waals surface area contributed by atoms with Crippen molar-refractivity contribution in [2.45, 2.75) is 13.3 Å². The Morgan fingerprint density at radius 2 is 1.94 bits per heavy atom. The Kier molecular flexibility index (Phi) is 4.36. The molecule has 18 heavy (non-hydrogen) atoms. The third kappa shape index (κ3) is 3.84. The quantitative estimate of drug-likeness (QED) is 0.838. The third-order valence-corrected chi connectivity index (χ3v) is 3.23. The van der Waals surface area contributed by atoms with Gasteiger partial charge < -0.3 is 5.32 Å². The summed E-state index contributed by atoms with van der Waals surface area (Å²) < 4.78 is 1.11. The number of halogens is 1. The summed E-state index contributed by atoms with van der Waals surface area (Å²) in [5, 5.41) is 2.91. The first kappa shape index (κ1) is 13.1. The van der Waals surface area contributed by atoms with Crippen molar-refractivity contribution < 1.29 is 4.79 Å². The highest BCUT2D eigenvalue weighted by molar-refractivity contribution is 14.1. The van der Waals surface area contributed by atoms with E-state index in [1.54, 1.807) is 0 Å². The van der Waals surface area contributed by atoms with Crippen LogP contribution in [0.5, 0.6) is 0 Å². The zero-order valence-corrected chi connectivity index (χ0v) is 12.3. The number of anilines is 1. The largest absolute Gasteiger partial charge is 0.326 e. The molecule has 0 saturated carbocycles. The Bertz CT molecular complexity index is 516. The number of aryl methyl sites for hydroxylation is 1. The van der Waals surface area contributed by atoms with Gasteiger partial charge in [0.1, 0.15) is 0 Å². The molecule has 1 amide bonds. The van der Waals surface area contributed by atoms with Gasteiger partial charge in [0.25, 0.3) is 0 Å². The van der Waals surface area contributed by atoms with Crippen LogP contribution < -0.4 is 5.32 Å². The summed E-state index contributed by atoms with van der Waals surface area (Å²) in [6, 6.07) is 15.8. The Morgan fingerprint density at radius 3 is 2.67 bits per heavy atom. The van der Waals surface area contributed by atoms with Crippen LogP contribution >= 0.6 is 22.6 Å². The van der Waals surface area contributed by atoms with E-state index in [4.69, 9.17) is 0 Å². The highest BCUT2D eigenvalue weighted by Crippen LogP contribution is 2.13. The van der Waals surface area contributed by atoms with Crippen molar-refractivity contribution >= 4 is 34.2 Å². The second-order valence-electron chi connectivity index (χ2n) is 4.22. The van der Waals surface area contributed by atoms with Crippen molar-refractivity contribution in [1.82, 2.24) is 0 Å². The van der Waals surface area contributed by atoms with Crippen LogP contribution in [0.4, 0.5) is 5.69 Å². The molecule has 0 heterocycles. The van der Waals surface area contributed by atoms with Gasteiger partial charge in [-0.3, -0.25) is 4.79 Å². The molecule has 2 rings (SSSR count). The molecule has 3 heteroatoms. The Morgan fingerprint density at radius 1 is 1.17 bits per heavy atom. The number of hydrogen-bond acceptors (Lipinski definition) is 1. The van der Waals surface area contributed by atoms with Crippen LogP contribution in [-0.4, -0.2) is 5.91 Å². The molecule has 0 aromatic heterocycles. The number of hydrogen-bond donors (Lipinski definition) is 1. The van der Waals surface area contributed by atoms with Crippen LogP contribution in [0.25, 0.3) is 0 Å². The molecule has 0 aliphatic carbocycles. The second-order valence-corrected chi connectivity index (χ2v) is 5.47. The van der Waals surface area contributed by atoms with Gasteiger partial charge in [-0.1, -0.05) is 35.9 Å². The number of carbonyl (C=O) groups excluding carboxylic acids is 1. The van der Waals surface area contributed by atoms with E-state index < -0.39 is 0 Å². The van der Waals surface area contributed by atoms with E-state index in [0.29, 0.717) is 6.42 Å². The fourth-order valence-corrected chi connectivity index (χ4v) is 2.32. The zero-order chi connectivity index (χ0) is 13.0. The lowest BCUT2D eigenvalue weighted by molar-refractivity contribution is -0.115. The van der Waals surface area contributed by atoms with Gasteiger partial charge in [-0.15, -0.1) is 0 Å². The van der Waals surface area contributed by atoms with E-state index in [1.807, 2.05) is 55.5 Å². The fourth-order valence-electron chi connectivity index (χ4n) is 1.78. The van der Waals surface area contributed by atoms with Crippen molar-refractivity contribution in [2.75, 3.05) is 5.32 Å². The standard InChI is InChI=1S/C15H14INO/c1-11-4-2-5-12(8-11)9-15(18)17-14-7-3-6-13(16)10-14/h2-8,10H,9H2,1H3,(H,17,18). The average Bonchev–Trinajstić information content (AvgIpc) is 2.28. The summed E-state index contributed by atoms with van der Waals surface area (Å²) >= 11 is 2.23. The van der Waals surface area contributed by atoms with Crippen molar-refractivity contribution in [2.24, 2.45) is 0 Å². The van der Waals surface area contributed by atoms with Crippen LogP contribution in [0, 0.1) is 10.5 Å². The maximum absolute atomic E-state index is 11.9. The molecule has 1 N–H and O–H groups in total. The van der Waals surface area contributed by atoms with Crippen LogP contribution in [0.3, 0.4) is 0 Å². The van der Waals surface area contributed by atoms with E-state index in [9.17, 15) is 4.79 Å². The number of benzene rings is 2. The van der Waals surface area contributed by atoms with Gasteiger partial charge in [-0.25, -0.2) is 0 Å². The van der Waals surface area contributed by atoms with E-state index >= 15 is 0 Å². The molecule has 0 spiro atoms. The van der Waals surface area contributed by atoms with Gasteiger partial charge in [-0.2, -0.15) is 0 Å². The minimum atomic E-state index is 0.0163. The van der Waals surface area contributed by atoms with Crippen LogP contribution in [0.1, 0.15) is 11.1 Å². The molecule has 92 valence electrons. The molecule has 0 unspecified atom stereocenters. The third-order valence-electron chi connectivity index (χ3n) is 2.56. The summed E-state index contributed by atoms with van der Waals surface area (Å²) in [6.07, 6.45) is 0.410. The molecular formula is C15H14INO. The van der Waals surface area contributed by atoms with Crippen LogP contribution in [-0.2, 0) is 11.2 Å². The Labute approximate surface area is 121 Å². The monoisotopic (exact) mass is 351 g/mol. The molecule has 2 aromatic carbocycles. The Balaban J connectivity index is 2.01. The number of amides is 1. The highest BCUT2D eigenvalue weighted by Gasteiger charge is 2.04. The molecule has 2 nitrogen and oxygen atoms in total. The van der Waals surface area contributed by atoms with Crippen molar-refractivity contribution in [3.8, 4) is 0 Å². The van der Waals surface area contributed by atoms with Gasteiger partial charge in [0.15, 0.2) is 0 Å². The molecule has 0 atom stereocenters. The van der Waals surface area contributed by atoms with E-state index in [-0.39, 0.29) is 5.91 Å². The smallest absolute Gasteiger partial charge is 0.228 e. The number of rotatable bonds is 3. The molecule has 0 aliphatic rings. The molecule has 2 aromatic rings. The fraction of sp³-hybridized carbons (Fsp3) is 0.133. The SMILES string of the molecule is Cc1cccc(CC(=O)Nc2cccc(I)c2)c1. The summed E-state index contributed by atoms with van der Waals surface area (Å²) in [5.41, 5.74) is 3.06.